The predicted octanol–water partition coefficient (Wildman–Crippen LogP) is 2.97. The molecule has 1 aromatic carbocycles. The minimum Gasteiger partial charge on any atom is -0.496 e. The van der Waals surface area contributed by atoms with E-state index in [1.54, 1.807) is 7.11 Å². The number of hydrogen-bond donors (Lipinski definition) is 2. The van der Waals surface area contributed by atoms with Crippen LogP contribution in [0.1, 0.15) is 38.2 Å². The van der Waals surface area contributed by atoms with Crippen molar-refractivity contribution in [2.24, 2.45) is 11.1 Å². The van der Waals surface area contributed by atoms with Crippen molar-refractivity contribution in [3.05, 3.63) is 23.8 Å². The fourth-order valence-corrected chi connectivity index (χ4v) is 2.21. The average Bonchev–Trinajstić information content (AvgIpc) is 3.16. The highest BCUT2D eigenvalue weighted by molar-refractivity contribution is 5.52. The van der Waals surface area contributed by atoms with Crippen LogP contribution in [0.15, 0.2) is 18.2 Å². The fourth-order valence-electron chi connectivity index (χ4n) is 2.21. The Morgan fingerprint density at radius 3 is 2.61 bits per heavy atom. The van der Waals surface area contributed by atoms with E-state index >= 15 is 0 Å². The van der Waals surface area contributed by atoms with E-state index in [0.717, 1.165) is 18.8 Å². The van der Waals surface area contributed by atoms with Crippen LogP contribution in [0.4, 0.5) is 5.69 Å². The minimum atomic E-state index is 0.359. The molecule has 0 radical (unpaired) electrons. The highest BCUT2D eigenvalue weighted by Gasteiger charge is 2.40. The molecule has 3 N–H and O–H groups in total. The fraction of sp³-hybridized carbons (Fsp3) is 0.600. The molecule has 0 aromatic heterocycles. The third-order valence-corrected chi connectivity index (χ3v) is 3.91. The molecule has 0 aliphatic heterocycles. The topological polar surface area (TPSA) is 47.3 Å². The molecule has 2 rings (SSSR count). The van der Waals surface area contributed by atoms with Gasteiger partial charge in [0.05, 0.1) is 7.11 Å². The molecule has 100 valence electrons. The van der Waals surface area contributed by atoms with Gasteiger partial charge in [0.1, 0.15) is 5.75 Å². The van der Waals surface area contributed by atoms with Crippen LogP contribution in [-0.2, 0) is 0 Å². The summed E-state index contributed by atoms with van der Waals surface area (Å²) in [7, 11) is 1.72. The third kappa shape index (κ3) is 2.78. The van der Waals surface area contributed by atoms with Gasteiger partial charge in [-0.1, -0.05) is 13.8 Å². The largest absolute Gasteiger partial charge is 0.496 e. The Morgan fingerprint density at radius 1 is 1.39 bits per heavy atom. The van der Waals surface area contributed by atoms with Crippen molar-refractivity contribution < 1.29 is 4.74 Å². The Bertz CT molecular complexity index is 411. The van der Waals surface area contributed by atoms with Crippen LogP contribution in [0, 0.1) is 5.41 Å². The maximum absolute atomic E-state index is 5.80. The lowest BCUT2D eigenvalue weighted by Crippen LogP contribution is -2.24. The van der Waals surface area contributed by atoms with Crippen molar-refractivity contribution >= 4 is 5.69 Å². The molecule has 3 nitrogen and oxygen atoms in total. The van der Waals surface area contributed by atoms with Gasteiger partial charge < -0.3 is 15.8 Å². The summed E-state index contributed by atoms with van der Waals surface area (Å²) in [5, 5.41) is 3.51. The van der Waals surface area contributed by atoms with Crippen LogP contribution in [0.5, 0.6) is 5.75 Å². The molecule has 3 heteroatoms. The normalized spacial score (nSPS) is 16.7. The Kier molecular flexibility index (Phi) is 3.81. The zero-order chi connectivity index (χ0) is 13.2. The lowest BCUT2D eigenvalue weighted by atomic mass is 10.0. The van der Waals surface area contributed by atoms with Gasteiger partial charge in [-0.3, -0.25) is 0 Å². The summed E-state index contributed by atoms with van der Waals surface area (Å²) in [6, 6.07) is 6.31. The maximum Gasteiger partial charge on any atom is 0.122 e. The van der Waals surface area contributed by atoms with Gasteiger partial charge in [-0.25, -0.2) is 0 Å². The first-order valence-corrected chi connectivity index (χ1v) is 6.72. The van der Waals surface area contributed by atoms with Crippen LogP contribution in [0.3, 0.4) is 0 Å². The molecule has 0 heterocycles. The quantitative estimate of drug-likeness (QED) is 0.813. The molecule has 1 aliphatic rings. The van der Waals surface area contributed by atoms with Crippen LogP contribution in [0.25, 0.3) is 0 Å². The van der Waals surface area contributed by atoms with E-state index in [-0.39, 0.29) is 0 Å². The number of ether oxygens (including phenoxy) is 1. The van der Waals surface area contributed by atoms with Gasteiger partial charge in [-0.15, -0.1) is 0 Å². The van der Waals surface area contributed by atoms with E-state index in [1.807, 2.05) is 6.07 Å². The monoisotopic (exact) mass is 248 g/mol. The standard InChI is InChI=1S/C15H24N2O/c1-11(2)13-8-12(4-5-14(13)18-3)17-10-15(9-16)6-7-15/h4-5,8,11,17H,6-7,9-10,16H2,1-3H3. The molecule has 1 saturated carbocycles. The Hall–Kier alpha value is -1.22. The van der Waals surface area contributed by atoms with Crippen LogP contribution < -0.4 is 15.8 Å². The van der Waals surface area contributed by atoms with Crippen molar-refractivity contribution in [3.63, 3.8) is 0 Å². The van der Waals surface area contributed by atoms with E-state index < -0.39 is 0 Å². The van der Waals surface area contributed by atoms with E-state index in [4.69, 9.17) is 10.5 Å². The summed E-state index contributed by atoms with van der Waals surface area (Å²) in [5.41, 5.74) is 8.57. The first-order valence-electron chi connectivity index (χ1n) is 6.72. The summed E-state index contributed by atoms with van der Waals surface area (Å²) >= 11 is 0. The minimum absolute atomic E-state index is 0.359. The van der Waals surface area contributed by atoms with Crippen LogP contribution >= 0.6 is 0 Å². The number of methoxy groups -OCH3 is 1. The predicted molar refractivity (Wildman–Crippen MR) is 76.3 cm³/mol. The zero-order valence-electron chi connectivity index (χ0n) is 11.6. The van der Waals surface area contributed by atoms with Crippen molar-refractivity contribution in [2.45, 2.75) is 32.6 Å². The number of hydrogen-bond acceptors (Lipinski definition) is 3. The molecule has 0 atom stereocenters. The Balaban J connectivity index is 2.07. The van der Waals surface area contributed by atoms with Gasteiger partial charge in [0.25, 0.3) is 0 Å². The second-order valence-corrected chi connectivity index (χ2v) is 5.67. The van der Waals surface area contributed by atoms with E-state index in [9.17, 15) is 0 Å². The Labute approximate surface area is 110 Å². The molecular formula is C15H24N2O. The highest BCUT2D eigenvalue weighted by Crippen LogP contribution is 2.44. The number of nitrogens with two attached hydrogens (primary N) is 1. The summed E-state index contributed by atoms with van der Waals surface area (Å²) in [4.78, 5) is 0. The summed E-state index contributed by atoms with van der Waals surface area (Å²) in [5.74, 6) is 1.43. The lowest BCUT2D eigenvalue weighted by Gasteiger charge is -2.17. The molecule has 0 amide bonds. The van der Waals surface area contributed by atoms with Crippen LogP contribution in [-0.4, -0.2) is 20.2 Å². The molecule has 1 aliphatic carbocycles. The van der Waals surface area contributed by atoms with Crippen LogP contribution in [0.2, 0.25) is 0 Å². The Morgan fingerprint density at radius 2 is 2.11 bits per heavy atom. The SMILES string of the molecule is COc1ccc(NCC2(CN)CC2)cc1C(C)C. The number of anilines is 1. The summed E-state index contributed by atoms with van der Waals surface area (Å²) in [6.07, 6.45) is 2.51. The molecule has 0 saturated heterocycles. The molecule has 1 aromatic rings. The van der Waals surface area contributed by atoms with Crippen molar-refractivity contribution in [1.82, 2.24) is 0 Å². The third-order valence-electron chi connectivity index (χ3n) is 3.91. The molecule has 1 fully saturated rings. The van der Waals surface area contributed by atoms with Gasteiger partial charge in [0.2, 0.25) is 0 Å². The van der Waals surface area contributed by atoms with E-state index in [1.165, 1.54) is 24.1 Å². The summed E-state index contributed by atoms with van der Waals surface area (Å²) in [6.45, 7) is 6.13. The van der Waals surface area contributed by atoms with Gasteiger partial charge in [-0.2, -0.15) is 0 Å². The molecular weight excluding hydrogens is 224 g/mol. The second-order valence-electron chi connectivity index (χ2n) is 5.67. The second kappa shape index (κ2) is 5.19. The number of benzene rings is 1. The number of nitrogens with one attached hydrogen (secondary N) is 1. The molecule has 0 bridgehead atoms. The van der Waals surface area contributed by atoms with Crippen molar-refractivity contribution in [1.29, 1.82) is 0 Å². The highest BCUT2D eigenvalue weighted by atomic mass is 16.5. The first kappa shape index (κ1) is 13.2. The number of rotatable bonds is 6. The van der Waals surface area contributed by atoms with Gasteiger partial charge in [0, 0.05) is 12.2 Å². The van der Waals surface area contributed by atoms with Crippen molar-refractivity contribution in [2.75, 3.05) is 25.5 Å². The smallest absolute Gasteiger partial charge is 0.122 e. The summed E-state index contributed by atoms with van der Waals surface area (Å²) < 4.78 is 5.39. The molecule has 18 heavy (non-hydrogen) atoms. The first-order chi connectivity index (χ1) is 8.60. The van der Waals surface area contributed by atoms with E-state index in [2.05, 4.69) is 31.3 Å². The molecule has 0 unspecified atom stereocenters. The van der Waals surface area contributed by atoms with Crippen molar-refractivity contribution in [3.8, 4) is 5.75 Å². The average molecular weight is 248 g/mol. The van der Waals surface area contributed by atoms with Gasteiger partial charge in [0.15, 0.2) is 0 Å². The van der Waals surface area contributed by atoms with Gasteiger partial charge >= 0.3 is 0 Å². The maximum atomic E-state index is 5.80. The molecule has 0 spiro atoms. The van der Waals surface area contributed by atoms with E-state index in [0.29, 0.717) is 11.3 Å². The lowest BCUT2D eigenvalue weighted by molar-refractivity contribution is 0.407. The van der Waals surface area contributed by atoms with Gasteiger partial charge in [-0.05, 0) is 54.5 Å². The zero-order valence-corrected chi connectivity index (χ0v) is 11.6.